The van der Waals surface area contributed by atoms with E-state index in [1.54, 1.807) is 12.1 Å². The van der Waals surface area contributed by atoms with Crippen LogP contribution in [0.4, 0.5) is 0 Å². The molecular formula is C25H32N2O4. The van der Waals surface area contributed by atoms with Crippen molar-refractivity contribution in [2.75, 3.05) is 13.7 Å². The third-order valence-corrected chi connectivity index (χ3v) is 5.32. The molecule has 0 radical (unpaired) electrons. The molecule has 0 fully saturated rings. The van der Waals surface area contributed by atoms with Crippen molar-refractivity contribution in [2.24, 2.45) is 0 Å². The molecule has 1 aliphatic heterocycles. The summed E-state index contributed by atoms with van der Waals surface area (Å²) in [4.78, 5) is 24.9. The number of rotatable bonds is 7. The van der Waals surface area contributed by atoms with Crippen molar-refractivity contribution in [3.8, 4) is 0 Å². The number of benzene rings is 2. The molecule has 0 saturated carbocycles. The van der Waals surface area contributed by atoms with E-state index in [9.17, 15) is 9.59 Å². The molecular weight excluding hydrogens is 392 g/mol. The Kier molecular flexibility index (Phi) is 7.46. The van der Waals surface area contributed by atoms with Crippen molar-refractivity contribution in [1.82, 2.24) is 10.4 Å². The van der Waals surface area contributed by atoms with Gasteiger partial charge in [-0.25, -0.2) is 5.01 Å². The molecule has 0 saturated heterocycles. The number of nitrogens with zero attached hydrogens (tertiary/aromatic N) is 1. The van der Waals surface area contributed by atoms with Crippen molar-refractivity contribution in [1.29, 1.82) is 0 Å². The molecule has 0 aromatic heterocycles. The van der Waals surface area contributed by atoms with Crippen LogP contribution in [0.2, 0.25) is 0 Å². The molecule has 2 aromatic rings. The van der Waals surface area contributed by atoms with Crippen molar-refractivity contribution in [3.05, 3.63) is 71.3 Å². The average molecular weight is 425 g/mol. The molecule has 1 aliphatic rings. The number of carbonyl (C=O) groups is 2. The van der Waals surface area contributed by atoms with Gasteiger partial charge in [-0.1, -0.05) is 42.5 Å². The highest BCUT2D eigenvalue weighted by Crippen LogP contribution is 2.34. The number of methoxy groups -OCH3 is 1. The zero-order chi connectivity index (χ0) is 22.4. The van der Waals surface area contributed by atoms with Gasteiger partial charge in [-0.15, -0.1) is 0 Å². The quantitative estimate of drug-likeness (QED) is 0.679. The molecule has 6 nitrogen and oxygen atoms in total. The first-order chi connectivity index (χ1) is 14.8. The van der Waals surface area contributed by atoms with Gasteiger partial charge in [0.25, 0.3) is 5.91 Å². The first-order valence-corrected chi connectivity index (χ1v) is 10.7. The van der Waals surface area contributed by atoms with Crippen LogP contribution >= 0.6 is 0 Å². The van der Waals surface area contributed by atoms with Gasteiger partial charge in [0.1, 0.15) is 0 Å². The number of carbonyl (C=O) groups excluding carboxylic acids is 2. The molecule has 31 heavy (non-hydrogen) atoms. The van der Waals surface area contributed by atoms with Gasteiger partial charge in [0.15, 0.2) is 0 Å². The van der Waals surface area contributed by atoms with Crippen LogP contribution < -0.4 is 5.43 Å². The van der Waals surface area contributed by atoms with Crippen LogP contribution in [0.5, 0.6) is 0 Å². The third kappa shape index (κ3) is 6.39. The maximum atomic E-state index is 12.9. The van der Waals surface area contributed by atoms with Crippen molar-refractivity contribution in [2.45, 2.75) is 57.8 Å². The molecule has 3 rings (SSSR count). The van der Waals surface area contributed by atoms with E-state index in [4.69, 9.17) is 9.47 Å². The Morgan fingerprint density at radius 3 is 2.45 bits per heavy atom. The SMILES string of the molecule is COC(=O)C[C@@H](C[C@@H]1c2ccccc2CCN1NC(=O)c1ccccc1)OC(C)(C)C. The minimum absolute atomic E-state index is 0.116. The van der Waals surface area contributed by atoms with Gasteiger partial charge in [0.05, 0.1) is 31.3 Å². The fraction of sp³-hybridized carbons (Fsp3) is 0.440. The van der Waals surface area contributed by atoms with Gasteiger partial charge in [-0.05, 0) is 56.9 Å². The standard InChI is InChI=1S/C25H32N2O4/c1-25(2,3)31-20(17-23(28)30-4)16-22-21-13-9-8-10-18(21)14-15-27(22)26-24(29)19-11-6-5-7-12-19/h5-13,20,22H,14-17H2,1-4H3,(H,26,29)/t20-,22-/m1/s1. The van der Waals surface area contributed by atoms with E-state index in [0.717, 1.165) is 12.0 Å². The molecule has 0 aliphatic carbocycles. The predicted molar refractivity (Wildman–Crippen MR) is 119 cm³/mol. The summed E-state index contributed by atoms with van der Waals surface area (Å²) < 4.78 is 11.1. The minimum atomic E-state index is -0.412. The highest BCUT2D eigenvalue weighted by Gasteiger charge is 2.33. The molecule has 1 amide bonds. The Morgan fingerprint density at radius 2 is 1.77 bits per heavy atom. The molecule has 2 aromatic carbocycles. The Labute approximate surface area is 184 Å². The molecule has 1 N–H and O–H groups in total. The lowest BCUT2D eigenvalue weighted by Crippen LogP contribution is -2.49. The van der Waals surface area contributed by atoms with E-state index < -0.39 is 5.60 Å². The summed E-state index contributed by atoms with van der Waals surface area (Å²) in [5, 5.41) is 1.98. The fourth-order valence-electron chi connectivity index (χ4n) is 4.02. The topological polar surface area (TPSA) is 67.9 Å². The van der Waals surface area contributed by atoms with Gasteiger partial charge >= 0.3 is 5.97 Å². The third-order valence-electron chi connectivity index (χ3n) is 5.32. The molecule has 0 spiro atoms. The Morgan fingerprint density at radius 1 is 1.10 bits per heavy atom. The first kappa shape index (κ1) is 23.0. The Balaban J connectivity index is 1.86. The predicted octanol–water partition coefficient (Wildman–Crippen LogP) is 4.07. The van der Waals surface area contributed by atoms with E-state index in [2.05, 4.69) is 17.6 Å². The van der Waals surface area contributed by atoms with Crippen LogP contribution in [0.25, 0.3) is 0 Å². The highest BCUT2D eigenvalue weighted by atomic mass is 16.5. The average Bonchev–Trinajstić information content (AvgIpc) is 2.74. The monoisotopic (exact) mass is 424 g/mol. The minimum Gasteiger partial charge on any atom is -0.469 e. The van der Waals surface area contributed by atoms with Crippen LogP contribution in [0.3, 0.4) is 0 Å². The maximum Gasteiger partial charge on any atom is 0.308 e. The zero-order valence-corrected chi connectivity index (χ0v) is 18.8. The van der Waals surface area contributed by atoms with Gasteiger partial charge in [0.2, 0.25) is 0 Å². The van der Waals surface area contributed by atoms with Crippen LogP contribution in [0, 0.1) is 0 Å². The summed E-state index contributed by atoms with van der Waals surface area (Å²) in [5.41, 5.74) is 5.68. The van der Waals surface area contributed by atoms with Gasteiger partial charge in [-0.3, -0.25) is 15.0 Å². The number of hydrogen-bond donors (Lipinski definition) is 1. The molecule has 0 bridgehead atoms. The summed E-state index contributed by atoms with van der Waals surface area (Å²) in [5.74, 6) is -0.454. The van der Waals surface area contributed by atoms with E-state index in [0.29, 0.717) is 18.5 Å². The number of ether oxygens (including phenoxy) is 2. The van der Waals surface area contributed by atoms with Crippen LogP contribution in [-0.2, 0) is 20.7 Å². The number of hydrazine groups is 1. The van der Waals surface area contributed by atoms with Crippen molar-refractivity contribution >= 4 is 11.9 Å². The lowest BCUT2D eigenvalue weighted by Gasteiger charge is -2.39. The lowest BCUT2D eigenvalue weighted by molar-refractivity contribution is -0.148. The summed E-state index contributed by atoms with van der Waals surface area (Å²) in [6.07, 6.45) is 1.20. The molecule has 0 unspecified atom stereocenters. The lowest BCUT2D eigenvalue weighted by atomic mass is 9.89. The van der Waals surface area contributed by atoms with Crippen LogP contribution in [0.15, 0.2) is 54.6 Å². The van der Waals surface area contributed by atoms with Crippen molar-refractivity contribution < 1.29 is 19.1 Å². The smallest absolute Gasteiger partial charge is 0.308 e. The van der Waals surface area contributed by atoms with E-state index in [1.807, 2.05) is 56.1 Å². The molecule has 166 valence electrons. The number of esters is 1. The Hall–Kier alpha value is -2.70. The highest BCUT2D eigenvalue weighted by molar-refractivity contribution is 5.93. The van der Waals surface area contributed by atoms with E-state index >= 15 is 0 Å². The fourth-order valence-corrected chi connectivity index (χ4v) is 4.02. The molecule has 1 heterocycles. The maximum absolute atomic E-state index is 12.9. The molecule has 6 heteroatoms. The number of fused-ring (bicyclic) bond motifs is 1. The first-order valence-electron chi connectivity index (χ1n) is 10.7. The zero-order valence-electron chi connectivity index (χ0n) is 18.8. The summed E-state index contributed by atoms with van der Waals surface area (Å²) in [6.45, 7) is 6.60. The second kappa shape index (κ2) is 10.1. The van der Waals surface area contributed by atoms with Gasteiger partial charge in [0, 0.05) is 12.1 Å². The van der Waals surface area contributed by atoms with Gasteiger partial charge < -0.3 is 9.47 Å². The number of nitrogens with one attached hydrogen (secondary N) is 1. The van der Waals surface area contributed by atoms with Crippen LogP contribution in [-0.4, -0.2) is 42.2 Å². The normalized spacial score (nSPS) is 17.5. The second-order valence-corrected chi connectivity index (χ2v) is 8.83. The van der Waals surface area contributed by atoms with Crippen LogP contribution in [0.1, 0.15) is 61.1 Å². The van der Waals surface area contributed by atoms with E-state index in [1.165, 1.54) is 12.7 Å². The summed E-state index contributed by atoms with van der Waals surface area (Å²) >= 11 is 0. The largest absolute Gasteiger partial charge is 0.469 e. The summed E-state index contributed by atoms with van der Waals surface area (Å²) in [7, 11) is 1.39. The Bertz CT molecular complexity index is 892. The van der Waals surface area contributed by atoms with Gasteiger partial charge in [-0.2, -0.15) is 0 Å². The summed E-state index contributed by atoms with van der Waals surface area (Å²) in [6, 6.07) is 17.3. The second-order valence-electron chi connectivity index (χ2n) is 8.83. The number of amides is 1. The molecule has 2 atom stereocenters. The van der Waals surface area contributed by atoms with Crippen molar-refractivity contribution in [3.63, 3.8) is 0 Å². The van der Waals surface area contributed by atoms with E-state index in [-0.39, 0.29) is 30.4 Å². The number of hydrogen-bond acceptors (Lipinski definition) is 5.